The van der Waals surface area contributed by atoms with Gasteiger partial charge in [-0.3, -0.25) is 4.79 Å². The zero-order valence-corrected chi connectivity index (χ0v) is 10.2. The fourth-order valence-electron chi connectivity index (χ4n) is 1.38. The number of thiophene rings is 1. The van der Waals surface area contributed by atoms with E-state index in [0.29, 0.717) is 10.7 Å². The van der Waals surface area contributed by atoms with Crippen molar-refractivity contribution in [1.29, 1.82) is 0 Å². The SMILES string of the molecule is CC(NC(=O)c1cc(Cl)c[nH]1)c1cccs1. The number of aromatic nitrogens is 1. The van der Waals surface area contributed by atoms with Crippen molar-refractivity contribution in [2.24, 2.45) is 0 Å². The van der Waals surface area contributed by atoms with Crippen LogP contribution in [0.2, 0.25) is 5.02 Å². The summed E-state index contributed by atoms with van der Waals surface area (Å²) in [4.78, 5) is 15.7. The van der Waals surface area contributed by atoms with Gasteiger partial charge in [-0.15, -0.1) is 11.3 Å². The lowest BCUT2D eigenvalue weighted by molar-refractivity contribution is 0.0936. The molecule has 2 aromatic heterocycles. The first-order valence-corrected chi connectivity index (χ1v) is 6.11. The maximum atomic E-state index is 11.8. The molecule has 0 spiro atoms. The number of nitrogens with one attached hydrogen (secondary N) is 2. The summed E-state index contributed by atoms with van der Waals surface area (Å²) in [5, 5.41) is 5.42. The van der Waals surface area contributed by atoms with Crippen molar-refractivity contribution < 1.29 is 4.79 Å². The second-order valence-electron chi connectivity index (χ2n) is 3.44. The first-order valence-electron chi connectivity index (χ1n) is 4.85. The van der Waals surface area contributed by atoms with E-state index in [9.17, 15) is 4.79 Å². The van der Waals surface area contributed by atoms with Gasteiger partial charge in [0, 0.05) is 11.1 Å². The molecule has 0 aliphatic heterocycles. The summed E-state index contributed by atoms with van der Waals surface area (Å²) >= 11 is 7.35. The Morgan fingerprint density at radius 2 is 2.44 bits per heavy atom. The molecule has 2 heterocycles. The number of carbonyl (C=O) groups excluding carboxylic acids is 1. The second kappa shape index (κ2) is 4.72. The average Bonchev–Trinajstić information content (AvgIpc) is 2.87. The largest absolute Gasteiger partial charge is 0.356 e. The van der Waals surface area contributed by atoms with Gasteiger partial charge in [-0.1, -0.05) is 17.7 Å². The number of hydrogen-bond acceptors (Lipinski definition) is 2. The third-order valence-corrected chi connectivity index (χ3v) is 3.48. The van der Waals surface area contributed by atoms with Gasteiger partial charge in [0.2, 0.25) is 0 Å². The molecule has 16 heavy (non-hydrogen) atoms. The van der Waals surface area contributed by atoms with E-state index in [1.165, 1.54) is 0 Å². The van der Waals surface area contributed by atoms with E-state index < -0.39 is 0 Å². The topological polar surface area (TPSA) is 44.9 Å². The van der Waals surface area contributed by atoms with Gasteiger partial charge in [0.1, 0.15) is 5.69 Å². The minimum Gasteiger partial charge on any atom is -0.356 e. The molecule has 0 bridgehead atoms. The Hall–Kier alpha value is -1.26. The maximum Gasteiger partial charge on any atom is 0.268 e. The van der Waals surface area contributed by atoms with Crippen molar-refractivity contribution in [3.8, 4) is 0 Å². The fourth-order valence-corrected chi connectivity index (χ4v) is 2.28. The molecule has 84 valence electrons. The van der Waals surface area contributed by atoms with Crippen molar-refractivity contribution in [1.82, 2.24) is 10.3 Å². The number of hydrogen-bond donors (Lipinski definition) is 2. The number of halogens is 1. The van der Waals surface area contributed by atoms with E-state index in [0.717, 1.165) is 4.88 Å². The third kappa shape index (κ3) is 2.46. The lowest BCUT2D eigenvalue weighted by atomic mass is 10.2. The minimum absolute atomic E-state index is 0.00887. The van der Waals surface area contributed by atoms with Gasteiger partial charge < -0.3 is 10.3 Å². The number of rotatable bonds is 3. The smallest absolute Gasteiger partial charge is 0.268 e. The van der Waals surface area contributed by atoms with Gasteiger partial charge >= 0.3 is 0 Å². The van der Waals surface area contributed by atoms with E-state index >= 15 is 0 Å². The van der Waals surface area contributed by atoms with Crippen molar-refractivity contribution in [2.45, 2.75) is 13.0 Å². The Kier molecular flexibility index (Phi) is 3.31. The van der Waals surface area contributed by atoms with Crippen LogP contribution in [0.3, 0.4) is 0 Å². The Morgan fingerprint density at radius 1 is 1.62 bits per heavy atom. The molecular weight excluding hydrogens is 244 g/mol. The normalized spacial score (nSPS) is 12.4. The van der Waals surface area contributed by atoms with Crippen LogP contribution in [0.15, 0.2) is 29.8 Å². The third-order valence-electron chi connectivity index (χ3n) is 2.21. The lowest BCUT2D eigenvalue weighted by Gasteiger charge is -2.10. The van der Waals surface area contributed by atoms with Gasteiger partial charge in [0.15, 0.2) is 0 Å². The van der Waals surface area contributed by atoms with E-state index in [4.69, 9.17) is 11.6 Å². The molecule has 3 nitrogen and oxygen atoms in total. The molecule has 5 heteroatoms. The molecule has 0 radical (unpaired) electrons. The molecular formula is C11H11ClN2OS. The number of amides is 1. The van der Waals surface area contributed by atoms with Crippen LogP contribution >= 0.6 is 22.9 Å². The first-order chi connectivity index (χ1) is 7.66. The molecule has 2 aromatic rings. The Morgan fingerprint density at radius 3 is 3.00 bits per heavy atom. The molecule has 2 rings (SSSR count). The van der Waals surface area contributed by atoms with Gasteiger partial charge in [-0.05, 0) is 24.4 Å². The van der Waals surface area contributed by atoms with Crippen LogP contribution in [0.1, 0.15) is 28.3 Å². The minimum atomic E-state index is -0.146. The Bertz CT molecular complexity index is 478. The monoisotopic (exact) mass is 254 g/mol. The molecule has 1 unspecified atom stereocenters. The molecule has 1 amide bonds. The van der Waals surface area contributed by atoms with Crippen LogP contribution in [0.4, 0.5) is 0 Å². The second-order valence-corrected chi connectivity index (χ2v) is 4.86. The summed E-state index contributed by atoms with van der Waals surface area (Å²) in [6.45, 7) is 1.95. The van der Waals surface area contributed by atoms with E-state index in [1.807, 2.05) is 24.4 Å². The van der Waals surface area contributed by atoms with E-state index in [1.54, 1.807) is 23.6 Å². The molecule has 0 aliphatic carbocycles. The zero-order chi connectivity index (χ0) is 11.5. The van der Waals surface area contributed by atoms with Crippen molar-refractivity contribution in [2.75, 3.05) is 0 Å². The molecule has 0 aliphatic rings. The average molecular weight is 255 g/mol. The van der Waals surface area contributed by atoms with Gasteiger partial charge in [-0.25, -0.2) is 0 Å². The van der Waals surface area contributed by atoms with E-state index in [2.05, 4.69) is 10.3 Å². The summed E-state index contributed by atoms with van der Waals surface area (Å²) in [5.74, 6) is -0.146. The summed E-state index contributed by atoms with van der Waals surface area (Å²) < 4.78 is 0. The van der Waals surface area contributed by atoms with Crippen LogP contribution in [0, 0.1) is 0 Å². The first kappa shape index (κ1) is 11.2. The van der Waals surface area contributed by atoms with Crippen LogP contribution in [0.25, 0.3) is 0 Å². The predicted octanol–water partition coefficient (Wildman–Crippen LogP) is 3.22. The molecule has 1 atom stereocenters. The molecule has 0 saturated heterocycles. The summed E-state index contributed by atoms with van der Waals surface area (Å²) in [5.41, 5.74) is 0.480. The number of carbonyl (C=O) groups is 1. The Labute approximate surface area is 102 Å². The van der Waals surface area contributed by atoms with Crippen molar-refractivity contribution >= 4 is 28.8 Å². The summed E-state index contributed by atoms with van der Waals surface area (Å²) in [7, 11) is 0. The lowest BCUT2D eigenvalue weighted by Crippen LogP contribution is -2.26. The van der Waals surface area contributed by atoms with Crippen LogP contribution in [-0.4, -0.2) is 10.9 Å². The van der Waals surface area contributed by atoms with Gasteiger partial charge in [0.25, 0.3) is 5.91 Å². The Balaban J connectivity index is 2.03. The highest BCUT2D eigenvalue weighted by Gasteiger charge is 2.13. The van der Waals surface area contributed by atoms with Gasteiger partial charge in [0.05, 0.1) is 11.1 Å². The molecule has 0 aromatic carbocycles. The summed E-state index contributed by atoms with van der Waals surface area (Å²) in [6, 6.07) is 5.58. The fraction of sp³-hybridized carbons (Fsp3) is 0.182. The molecule has 0 fully saturated rings. The standard InChI is InChI=1S/C11H11ClN2OS/c1-7(10-3-2-4-16-10)14-11(15)9-5-8(12)6-13-9/h2-7,13H,1H3,(H,14,15). The van der Waals surface area contributed by atoms with E-state index in [-0.39, 0.29) is 11.9 Å². The summed E-state index contributed by atoms with van der Waals surface area (Å²) in [6.07, 6.45) is 1.59. The predicted molar refractivity (Wildman–Crippen MR) is 66.0 cm³/mol. The van der Waals surface area contributed by atoms with Crippen molar-refractivity contribution in [3.05, 3.63) is 45.4 Å². The quantitative estimate of drug-likeness (QED) is 0.868. The van der Waals surface area contributed by atoms with Crippen LogP contribution < -0.4 is 5.32 Å². The number of aromatic amines is 1. The van der Waals surface area contributed by atoms with Gasteiger partial charge in [-0.2, -0.15) is 0 Å². The number of H-pyrrole nitrogens is 1. The molecule has 0 saturated carbocycles. The highest BCUT2D eigenvalue weighted by Crippen LogP contribution is 2.18. The maximum absolute atomic E-state index is 11.8. The zero-order valence-electron chi connectivity index (χ0n) is 8.66. The molecule has 2 N–H and O–H groups in total. The highest BCUT2D eigenvalue weighted by atomic mass is 35.5. The highest BCUT2D eigenvalue weighted by molar-refractivity contribution is 7.10. The van der Waals surface area contributed by atoms with Crippen LogP contribution in [-0.2, 0) is 0 Å². The van der Waals surface area contributed by atoms with Crippen LogP contribution in [0.5, 0.6) is 0 Å². The van der Waals surface area contributed by atoms with Crippen molar-refractivity contribution in [3.63, 3.8) is 0 Å².